The number of aromatic nitrogens is 1. The fraction of sp³-hybridized carbons (Fsp3) is 0.227. The molecular formula is C22H21ClN2O3. The summed E-state index contributed by atoms with van der Waals surface area (Å²) in [5, 5.41) is 14.3. The number of nitrogens with zero attached hydrogens (tertiary/aromatic N) is 1. The second kappa shape index (κ2) is 7.60. The number of aromatic hydroxyl groups is 1. The lowest BCUT2D eigenvalue weighted by molar-refractivity contribution is 0.174. The van der Waals surface area contributed by atoms with E-state index >= 15 is 0 Å². The van der Waals surface area contributed by atoms with E-state index in [0.29, 0.717) is 27.9 Å². The zero-order chi connectivity index (χ0) is 19.7. The minimum Gasteiger partial charge on any atom is -0.507 e. The van der Waals surface area contributed by atoms with Crippen LogP contribution in [0.25, 0.3) is 22.4 Å². The molecule has 28 heavy (non-hydrogen) atoms. The highest BCUT2D eigenvalue weighted by Gasteiger charge is 2.20. The molecule has 1 aliphatic heterocycles. The molecular weight excluding hydrogens is 376 g/mol. The molecule has 1 aromatic heterocycles. The summed E-state index contributed by atoms with van der Waals surface area (Å²) >= 11 is 6.15. The highest BCUT2D eigenvalue weighted by Crippen LogP contribution is 2.43. The second-order valence-electron chi connectivity index (χ2n) is 7.10. The van der Waals surface area contributed by atoms with Crippen LogP contribution in [0.3, 0.4) is 0 Å². The summed E-state index contributed by atoms with van der Waals surface area (Å²) in [6, 6.07) is 14.6. The van der Waals surface area contributed by atoms with E-state index in [0.717, 1.165) is 29.2 Å². The van der Waals surface area contributed by atoms with Gasteiger partial charge in [0.1, 0.15) is 11.6 Å². The lowest BCUT2D eigenvalue weighted by Crippen LogP contribution is -2.09. The van der Waals surface area contributed by atoms with Gasteiger partial charge in [-0.3, -0.25) is 0 Å². The molecule has 144 valence electrons. The number of phenolic OH excluding ortho intramolecular Hbond substituents is 1. The van der Waals surface area contributed by atoms with Crippen LogP contribution in [0.4, 0.5) is 5.82 Å². The molecule has 0 saturated heterocycles. The molecule has 0 aliphatic carbocycles. The maximum Gasteiger partial charge on any atom is 0.231 e. The summed E-state index contributed by atoms with van der Waals surface area (Å²) in [5.74, 6) is 2.74. The zero-order valence-corrected chi connectivity index (χ0v) is 16.5. The van der Waals surface area contributed by atoms with Gasteiger partial charge >= 0.3 is 0 Å². The van der Waals surface area contributed by atoms with Gasteiger partial charge in [-0.05, 0) is 47.9 Å². The predicted molar refractivity (Wildman–Crippen MR) is 111 cm³/mol. The first-order chi connectivity index (χ1) is 13.5. The van der Waals surface area contributed by atoms with Gasteiger partial charge in [0.15, 0.2) is 11.5 Å². The molecule has 0 saturated carbocycles. The molecule has 4 rings (SSSR count). The minimum atomic E-state index is 0.127. The number of pyridine rings is 1. The number of rotatable bonds is 5. The Labute approximate surface area is 168 Å². The maximum absolute atomic E-state index is 10.4. The molecule has 0 bridgehead atoms. The molecule has 3 aromatic rings. The van der Waals surface area contributed by atoms with Crippen molar-refractivity contribution in [3.8, 4) is 39.6 Å². The molecule has 0 atom stereocenters. The summed E-state index contributed by atoms with van der Waals surface area (Å²) in [6.45, 7) is 5.26. The number of anilines is 1. The number of fused-ring (bicyclic) bond motifs is 1. The van der Waals surface area contributed by atoms with Crippen LogP contribution in [0.15, 0.2) is 48.5 Å². The van der Waals surface area contributed by atoms with Gasteiger partial charge in [-0.15, -0.1) is 0 Å². The van der Waals surface area contributed by atoms with Gasteiger partial charge in [-0.2, -0.15) is 0 Å². The molecule has 0 amide bonds. The summed E-state index contributed by atoms with van der Waals surface area (Å²) < 4.78 is 11.2. The van der Waals surface area contributed by atoms with Crippen LogP contribution in [-0.2, 0) is 0 Å². The van der Waals surface area contributed by atoms with E-state index in [1.54, 1.807) is 18.2 Å². The van der Waals surface area contributed by atoms with Crippen LogP contribution in [0.2, 0.25) is 5.02 Å². The van der Waals surface area contributed by atoms with E-state index in [-0.39, 0.29) is 12.5 Å². The third-order valence-electron chi connectivity index (χ3n) is 4.46. The third kappa shape index (κ3) is 3.71. The summed E-state index contributed by atoms with van der Waals surface area (Å²) in [6.07, 6.45) is 0. The SMILES string of the molecule is CC(C)CNc1cc(-c2cccc3c2OCO3)cc(-c2cc(Cl)ccc2O)n1. The third-order valence-corrected chi connectivity index (χ3v) is 4.69. The van der Waals surface area contributed by atoms with Crippen LogP contribution in [0.5, 0.6) is 17.2 Å². The summed E-state index contributed by atoms with van der Waals surface area (Å²) in [4.78, 5) is 4.69. The Bertz CT molecular complexity index is 1020. The Morgan fingerprint density at radius 3 is 2.79 bits per heavy atom. The molecule has 2 N–H and O–H groups in total. The number of phenols is 1. The van der Waals surface area contributed by atoms with Crippen LogP contribution < -0.4 is 14.8 Å². The van der Waals surface area contributed by atoms with Crippen molar-refractivity contribution >= 4 is 17.4 Å². The predicted octanol–water partition coefficient (Wildman–Crippen LogP) is 5.57. The molecule has 0 unspecified atom stereocenters. The quantitative estimate of drug-likeness (QED) is 0.590. The molecule has 0 spiro atoms. The smallest absolute Gasteiger partial charge is 0.231 e. The molecule has 6 heteroatoms. The van der Waals surface area contributed by atoms with Crippen molar-refractivity contribution in [3.05, 3.63) is 53.6 Å². The lowest BCUT2D eigenvalue weighted by atomic mass is 10.0. The first kappa shape index (κ1) is 18.4. The van der Waals surface area contributed by atoms with Gasteiger partial charge in [-0.25, -0.2) is 4.98 Å². The van der Waals surface area contributed by atoms with Gasteiger partial charge in [0.2, 0.25) is 6.79 Å². The van der Waals surface area contributed by atoms with E-state index < -0.39 is 0 Å². The molecule has 2 aromatic carbocycles. The van der Waals surface area contributed by atoms with Crippen molar-refractivity contribution < 1.29 is 14.6 Å². The first-order valence-electron chi connectivity index (χ1n) is 9.15. The van der Waals surface area contributed by atoms with Gasteiger partial charge in [0, 0.05) is 22.7 Å². The lowest BCUT2D eigenvalue weighted by Gasteiger charge is -2.14. The van der Waals surface area contributed by atoms with Crippen LogP contribution >= 0.6 is 11.6 Å². The standard InChI is InChI=1S/C22H21ClN2O3/c1-13(2)11-24-21-9-14(16-4-3-5-20-22(16)28-12-27-20)8-18(25-21)17-10-15(23)6-7-19(17)26/h3-10,13,26H,11-12H2,1-2H3,(H,24,25). The molecule has 0 fully saturated rings. The normalized spacial score (nSPS) is 12.4. The number of benzene rings is 2. The van der Waals surface area contributed by atoms with Gasteiger partial charge in [-0.1, -0.05) is 37.6 Å². The van der Waals surface area contributed by atoms with E-state index in [1.807, 2.05) is 30.3 Å². The number of para-hydroxylation sites is 1. The zero-order valence-electron chi connectivity index (χ0n) is 15.7. The van der Waals surface area contributed by atoms with Gasteiger partial charge in [0.25, 0.3) is 0 Å². The van der Waals surface area contributed by atoms with Crippen LogP contribution in [0.1, 0.15) is 13.8 Å². The van der Waals surface area contributed by atoms with Crippen molar-refractivity contribution in [1.29, 1.82) is 0 Å². The fourth-order valence-electron chi connectivity index (χ4n) is 3.09. The molecule has 0 radical (unpaired) electrons. The van der Waals surface area contributed by atoms with E-state index in [9.17, 15) is 5.11 Å². The number of nitrogens with one attached hydrogen (secondary N) is 1. The number of hydrogen-bond acceptors (Lipinski definition) is 5. The van der Waals surface area contributed by atoms with Crippen molar-refractivity contribution in [1.82, 2.24) is 4.98 Å². The molecule has 5 nitrogen and oxygen atoms in total. The second-order valence-corrected chi connectivity index (χ2v) is 7.54. The first-order valence-corrected chi connectivity index (χ1v) is 9.53. The van der Waals surface area contributed by atoms with Crippen molar-refractivity contribution in [3.63, 3.8) is 0 Å². The highest BCUT2D eigenvalue weighted by atomic mass is 35.5. The van der Waals surface area contributed by atoms with Crippen LogP contribution in [0, 0.1) is 5.92 Å². The summed E-state index contributed by atoms with van der Waals surface area (Å²) in [7, 11) is 0. The van der Waals surface area contributed by atoms with E-state index in [1.165, 1.54) is 0 Å². The van der Waals surface area contributed by atoms with Crippen molar-refractivity contribution in [2.75, 3.05) is 18.7 Å². The Hall–Kier alpha value is -2.92. The monoisotopic (exact) mass is 396 g/mol. The average Bonchev–Trinajstić information content (AvgIpc) is 3.17. The van der Waals surface area contributed by atoms with Gasteiger partial charge < -0.3 is 19.9 Å². The number of hydrogen-bond donors (Lipinski definition) is 2. The topological polar surface area (TPSA) is 63.6 Å². The largest absolute Gasteiger partial charge is 0.507 e. The van der Waals surface area contributed by atoms with E-state index in [2.05, 4.69) is 19.2 Å². The summed E-state index contributed by atoms with van der Waals surface area (Å²) in [5.41, 5.74) is 3.03. The minimum absolute atomic E-state index is 0.127. The fourth-order valence-corrected chi connectivity index (χ4v) is 3.27. The molecule has 2 heterocycles. The molecule has 1 aliphatic rings. The Balaban J connectivity index is 1.86. The van der Waals surface area contributed by atoms with Crippen molar-refractivity contribution in [2.45, 2.75) is 13.8 Å². The highest BCUT2D eigenvalue weighted by molar-refractivity contribution is 6.31. The Morgan fingerprint density at radius 1 is 1.11 bits per heavy atom. The maximum atomic E-state index is 10.4. The van der Waals surface area contributed by atoms with Crippen LogP contribution in [-0.4, -0.2) is 23.4 Å². The Kier molecular flexibility index (Phi) is 5.01. The van der Waals surface area contributed by atoms with Gasteiger partial charge in [0.05, 0.1) is 5.69 Å². The number of ether oxygens (including phenoxy) is 2. The van der Waals surface area contributed by atoms with Crippen molar-refractivity contribution in [2.24, 2.45) is 5.92 Å². The van der Waals surface area contributed by atoms with E-state index in [4.69, 9.17) is 26.1 Å². The number of halogens is 1. The average molecular weight is 397 g/mol. The Morgan fingerprint density at radius 2 is 1.96 bits per heavy atom.